The standard InChI is InChI=1S/C4H8O3/c1-2-7-4(6)3-5/h3,5-6H,2H2,1H3/b4-3-. The SMILES string of the molecule is CCO/C(O)=C\O. The molecule has 0 spiro atoms. The monoisotopic (exact) mass is 104 g/mol. The van der Waals surface area contributed by atoms with Gasteiger partial charge in [0.2, 0.25) is 0 Å². The van der Waals surface area contributed by atoms with Gasteiger partial charge in [0.05, 0.1) is 6.61 Å². The van der Waals surface area contributed by atoms with Crippen molar-refractivity contribution in [1.29, 1.82) is 0 Å². The van der Waals surface area contributed by atoms with Crippen LogP contribution in [0.1, 0.15) is 6.92 Å². The lowest BCUT2D eigenvalue weighted by atomic mass is 10.8. The summed E-state index contributed by atoms with van der Waals surface area (Å²) in [5.74, 6) is -0.442. The van der Waals surface area contributed by atoms with Crippen LogP contribution < -0.4 is 0 Å². The number of rotatable bonds is 2. The smallest absolute Gasteiger partial charge is 0.312 e. The van der Waals surface area contributed by atoms with E-state index in [9.17, 15) is 0 Å². The number of hydrogen-bond donors (Lipinski definition) is 2. The van der Waals surface area contributed by atoms with Crippen molar-refractivity contribution in [2.75, 3.05) is 6.61 Å². The first-order chi connectivity index (χ1) is 3.31. The van der Waals surface area contributed by atoms with Crippen LogP contribution >= 0.6 is 0 Å². The molecule has 3 nitrogen and oxygen atoms in total. The fraction of sp³-hybridized carbons (Fsp3) is 0.500. The Morgan fingerprint density at radius 3 is 2.57 bits per heavy atom. The summed E-state index contributed by atoms with van der Waals surface area (Å²) in [6.45, 7) is 2.07. The van der Waals surface area contributed by atoms with Crippen molar-refractivity contribution in [1.82, 2.24) is 0 Å². The zero-order valence-electron chi connectivity index (χ0n) is 4.09. The van der Waals surface area contributed by atoms with Crippen molar-refractivity contribution >= 4 is 0 Å². The summed E-state index contributed by atoms with van der Waals surface area (Å²) in [7, 11) is 0. The first-order valence-corrected chi connectivity index (χ1v) is 1.97. The first-order valence-electron chi connectivity index (χ1n) is 1.97. The van der Waals surface area contributed by atoms with Crippen molar-refractivity contribution in [2.24, 2.45) is 0 Å². The summed E-state index contributed by atoms with van der Waals surface area (Å²) in [4.78, 5) is 0. The van der Waals surface area contributed by atoms with Crippen molar-refractivity contribution in [3.63, 3.8) is 0 Å². The van der Waals surface area contributed by atoms with E-state index in [2.05, 4.69) is 4.74 Å². The normalized spacial score (nSPS) is 11.3. The topological polar surface area (TPSA) is 49.7 Å². The molecule has 0 heterocycles. The molecule has 0 aromatic heterocycles. The molecule has 0 saturated heterocycles. The molecular weight excluding hydrogens is 96.0 g/mol. The van der Waals surface area contributed by atoms with E-state index in [0.29, 0.717) is 12.9 Å². The molecule has 42 valence electrons. The quantitative estimate of drug-likeness (QED) is 0.512. The summed E-state index contributed by atoms with van der Waals surface area (Å²) >= 11 is 0. The Kier molecular flexibility index (Phi) is 2.92. The Morgan fingerprint density at radius 1 is 1.86 bits per heavy atom. The van der Waals surface area contributed by atoms with Gasteiger partial charge in [0.15, 0.2) is 6.26 Å². The zero-order valence-corrected chi connectivity index (χ0v) is 4.09. The highest BCUT2D eigenvalue weighted by Crippen LogP contribution is 1.85. The maximum absolute atomic E-state index is 8.25. The molecule has 7 heavy (non-hydrogen) atoms. The maximum atomic E-state index is 8.25. The molecule has 0 aromatic carbocycles. The predicted octanol–water partition coefficient (Wildman–Crippen LogP) is 0.938. The van der Waals surface area contributed by atoms with Crippen molar-refractivity contribution in [2.45, 2.75) is 6.92 Å². The zero-order chi connectivity index (χ0) is 5.70. The van der Waals surface area contributed by atoms with Crippen LogP contribution in [0.4, 0.5) is 0 Å². The van der Waals surface area contributed by atoms with E-state index in [-0.39, 0.29) is 0 Å². The van der Waals surface area contributed by atoms with Crippen LogP contribution in [0.2, 0.25) is 0 Å². The largest absolute Gasteiger partial charge is 0.508 e. The van der Waals surface area contributed by atoms with Crippen molar-refractivity contribution in [3.8, 4) is 0 Å². The molecule has 0 unspecified atom stereocenters. The molecule has 0 atom stereocenters. The Hall–Kier alpha value is -0.860. The second kappa shape index (κ2) is 3.33. The summed E-state index contributed by atoms with van der Waals surface area (Å²) < 4.78 is 4.36. The maximum Gasteiger partial charge on any atom is 0.312 e. The molecule has 0 rings (SSSR count). The van der Waals surface area contributed by atoms with Gasteiger partial charge in [-0.2, -0.15) is 0 Å². The van der Waals surface area contributed by atoms with Crippen molar-refractivity contribution in [3.05, 3.63) is 12.2 Å². The van der Waals surface area contributed by atoms with Gasteiger partial charge in [0.25, 0.3) is 0 Å². The number of ether oxygens (including phenoxy) is 1. The van der Waals surface area contributed by atoms with E-state index in [1.807, 2.05) is 0 Å². The van der Waals surface area contributed by atoms with Gasteiger partial charge in [-0.1, -0.05) is 0 Å². The number of hydrogen-bond acceptors (Lipinski definition) is 3. The van der Waals surface area contributed by atoms with Gasteiger partial charge >= 0.3 is 5.95 Å². The summed E-state index contributed by atoms with van der Waals surface area (Å²) in [6.07, 6.45) is 0.503. The van der Waals surface area contributed by atoms with Crippen LogP contribution in [0.5, 0.6) is 0 Å². The lowest BCUT2D eigenvalue weighted by molar-refractivity contribution is 0.0909. The van der Waals surface area contributed by atoms with Crippen molar-refractivity contribution < 1.29 is 14.9 Å². The Morgan fingerprint density at radius 2 is 2.43 bits per heavy atom. The van der Waals surface area contributed by atoms with Gasteiger partial charge in [0.1, 0.15) is 0 Å². The molecule has 3 heteroatoms. The summed E-state index contributed by atoms with van der Waals surface area (Å²) in [5.41, 5.74) is 0. The predicted molar refractivity (Wildman–Crippen MR) is 25.0 cm³/mol. The van der Waals surface area contributed by atoms with Crippen LogP contribution in [0.15, 0.2) is 12.2 Å². The highest BCUT2D eigenvalue weighted by molar-refractivity contribution is 4.67. The minimum atomic E-state index is -0.442. The van der Waals surface area contributed by atoms with E-state index in [1.54, 1.807) is 6.92 Å². The number of aliphatic hydroxyl groups excluding tert-OH is 2. The third-order valence-corrected chi connectivity index (χ3v) is 0.403. The van der Waals surface area contributed by atoms with Gasteiger partial charge in [-0.3, -0.25) is 0 Å². The van der Waals surface area contributed by atoms with Crippen LogP contribution in [-0.2, 0) is 4.74 Å². The van der Waals surface area contributed by atoms with Crippen LogP contribution in [0, 0.1) is 0 Å². The van der Waals surface area contributed by atoms with E-state index in [1.165, 1.54) is 0 Å². The number of aliphatic hydroxyl groups is 2. The Balaban J connectivity index is 3.17. The molecule has 0 aliphatic carbocycles. The average molecular weight is 104 g/mol. The molecule has 0 aliphatic heterocycles. The lowest BCUT2D eigenvalue weighted by Gasteiger charge is -1.94. The summed E-state index contributed by atoms with van der Waals surface area (Å²) in [5, 5.41) is 16.2. The Bertz CT molecular complexity index is 67.3. The average Bonchev–Trinajstić information content (AvgIpc) is 1.68. The fourth-order valence-electron chi connectivity index (χ4n) is 0.185. The first kappa shape index (κ1) is 6.14. The fourth-order valence-corrected chi connectivity index (χ4v) is 0.185. The molecule has 0 aromatic rings. The second-order valence-electron chi connectivity index (χ2n) is 0.900. The Labute approximate surface area is 41.8 Å². The highest BCUT2D eigenvalue weighted by Gasteiger charge is 1.83. The molecule has 0 saturated carbocycles. The lowest BCUT2D eigenvalue weighted by Crippen LogP contribution is -1.87. The molecule has 0 fully saturated rings. The third-order valence-electron chi connectivity index (χ3n) is 0.403. The van der Waals surface area contributed by atoms with E-state index in [4.69, 9.17) is 10.2 Å². The van der Waals surface area contributed by atoms with Gasteiger partial charge in [-0.05, 0) is 6.92 Å². The third kappa shape index (κ3) is 2.96. The molecular formula is C4H8O3. The van der Waals surface area contributed by atoms with Crippen LogP contribution in [-0.4, -0.2) is 16.8 Å². The minimum Gasteiger partial charge on any atom is -0.508 e. The van der Waals surface area contributed by atoms with E-state index < -0.39 is 5.95 Å². The molecule has 2 N–H and O–H groups in total. The van der Waals surface area contributed by atoms with Gasteiger partial charge in [-0.25, -0.2) is 0 Å². The summed E-state index contributed by atoms with van der Waals surface area (Å²) in [6, 6.07) is 0. The molecule has 0 bridgehead atoms. The van der Waals surface area contributed by atoms with Gasteiger partial charge in [-0.15, -0.1) is 0 Å². The minimum absolute atomic E-state index is 0.364. The van der Waals surface area contributed by atoms with E-state index in [0.717, 1.165) is 0 Å². The molecule has 0 amide bonds. The highest BCUT2D eigenvalue weighted by atomic mass is 16.6. The van der Waals surface area contributed by atoms with Crippen LogP contribution in [0.25, 0.3) is 0 Å². The molecule has 0 aliphatic rings. The van der Waals surface area contributed by atoms with Gasteiger partial charge in [0, 0.05) is 0 Å². The second-order valence-corrected chi connectivity index (χ2v) is 0.900. The molecule has 0 radical (unpaired) electrons. The van der Waals surface area contributed by atoms with Gasteiger partial charge < -0.3 is 14.9 Å². The van der Waals surface area contributed by atoms with Crippen LogP contribution in [0.3, 0.4) is 0 Å². The van der Waals surface area contributed by atoms with E-state index >= 15 is 0 Å².